The molecule has 10 heteroatoms. The molecule has 0 unspecified atom stereocenters. The zero-order valence-corrected chi connectivity index (χ0v) is 18.8. The predicted octanol–water partition coefficient (Wildman–Crippen LogP) is 4.60. The zero-order valence-electron chi connectivity index (χ0n) is 17.3. The van der Waals surface area contributed by atoms with Crippen LogP contribution in [-0.2, 0) is 13.0 Å². The first-order chi connectivity index (χ1) is 16.1. The van der Waals surface area contributed by atoms with Gasteiger partial charge in [-0.2, -0.15) is 10.2 Å². The highest BCUT2D eigenvalue weighted by atomic mass is 35.5. The monoisotopic (exact) mass is 480 g/mol. The second-order valence-corrected chi connectivity index (χ2v) is 8.25. The van der Waals surface area contributed by atoms with Crippen LogP contribution in [-0.4, -0.2) is 33.9 Å². The van der Waals surface area contributed by atoms with Gasteiger partial charge in [-0.05, 0) is 54.4 Å². The van der Waals surface area contributed by atoms with E-state index in [1.807, 2.05) is 18.2 Å². The Labute approximate surface area is 200 Å². The number of benzene rings is 2. The van der Waals surface area contributed by atoms with Gasteiger partial charge in [-0.25, -0.2) is 10.0 Å². The van der Waals surface area contributed by atoms with Gasteiger partial charge in [-0.3, -0.25) is 10.2 Å². The van der Waals surface area contributed by atoms with Crippen LogP contribution in [0.4, 0.5) is 5.69 Å². The third-order valence-corrected chi connectivity index (χ3v) is 5.82. The van der Waals surface area contributed by atoms with Crippen LogP contribution in [0.25, 0.3) is 0 Å². The van der Waals surface area contributed by atoms with Gasteiger partial charge in [0.05, 0.1) is 28.0 Å². The molecule has 2 aromatic carbocycles. The summed E-state index contributed by atoms with van der Waals surface area (Å²) < 4.78 is 6.01. The summed E-state index contributed by atoms with van der Waals surface area (Å²) in [6, 6.07) is 12.5. The first kappa shape index (κ1) is 21.2. The lowest BCUT2D eigenvalue weighted by Crippen LogP contribution is -2.37. The second kappa shape index (κ2) is 9.09. The number of anilines is 1. The number of halogens is 2. The highest BCUT2D eigenvalue weighted by molar-refractivity contribution is 6.37. The molecule has 0 radical (unpaired) electrons. The largest absolute Gasteiger partial charge is 0.454 e. The lowest BCUT2D eigenvalue weighted by Gasteiger charge is -2.28. The van der Waals surface area contributed by atoms with Crippen molar-refractivity contribution >= 4 is 41.1 Å². The van der Waals surface area contributed by atoms with Gasteiger partial charge in [0.2, 0.25) is 0 Å². The fourth-order valence-electron chi connectivity index (χ4n) is 3.68. The molecule has 1 amide bonds. The maximum absolute atomic E-state index is 13.0. The van der Waals surface area contributed by atoms with E-state index in [4.69, 9.17) is 27.9 Å². The van der Waals surface area contributed by atoms with Crippen LogP contribution in [0, 0.1) is 0 Å². The number of hydrogen-bond acceptors (Lipinski definition) is 7. The Bertz CT molecular complexity index is 1240. The number of nitrogens with zero attached hydrogens (tertiary/aromatic N) is 5. The summed E-state index contributed by atoms with van der Waals surface area (Å²) in [7, 11) is 0. The first-order valence-corrected chi connectivity index (χ1v) is 10.9. The average Bonchev–Trinajstić information content (AvgIpc) is 2.84. The number of nitrogens with one attached hydrogen (secondary N) is 1. The number of aliphatic imine (C=N–C) groups is 1. The van der Waals surface area contributed by atoms with Crippen molar-refractivity contribution in [2.75, 3.05) is 11.6 Å². The number of aromatic nitrogens is 2. The fraction of sp³-hybridized carbons (Fsp3) is 0.130. The molecule has 0 fully saturated rings. The summed E-state index contributed by atoms with van der Waals surface area (Å²) in [5.41, 5.74) is 6.05. The number of rotatable bonds is 5. The number of carbonyl (C=O) groups excluding carboxylic acids is 1. The van der Waals surface area contributed by atoms with E-state index in [-0.39, 0.29) is 5.91 Å². The molecule has 3 heterocycles. The van der Waals surface area contributed by atoms with Crippen molar-refractivity contribution in [3.8, 4) is 11.5 Å². The minimum Gasteiger partial charge on any atom is -0.454 e. The van der Waals surface area contributed by atoms with Crippen LogP contribution in [0.2, 0.25) is 10.0 Å². The fourth-order valence-corrected chi connectivity index (χ4v) is 4.23. The smallest absolute Gasteiger partial charge is 0.254 e. The number of hydrogen-bond donors (Lipinski definition) is 1. The zero-order chi connectivity index (χ0) is 22.8. The Balaban J connectivity index is 1.34. The molecular weight excluding hydrogens is 463 g/mol. The van der Waals surface area contributed by atoms with Crippen LogP contribution in [0.15, 0.2) is 66.1 Å². The van der Waals surface area contributed by atoms with E-state index in [1.54, 1.807) is 59.1 Å². The van der Waals surface area contributed by atoms with Gasteiger partial charge in [0.1, 0.15) is 12.1 Å². The molecule has 0 spiro atoms. The van der Waals surface area contributed by atoms with E-state index in [9.17, 15) is 4.79 Å². The van der Waals surface area contributed by atoms with Crippen molar-refractivity contribution < 1.29 is 9.53 Å². The number of fused-ring (bicyclic) bond motifs is 1. The number of carbonyl (C=O) groups is 1. The Hall–Kier alpha value is -3.62. The Morgan fingerprint density at radius 1 is 1.12 bits per heavy atom. The van der Waals surface area contributed by atoms with Crippen molar-refractivity contribution in [1.29, 1.82) is 0 Å². The summed E-state index contributed by atoms with van der Waals surface area (Å²) in [6.45, 7) is 1.01. The minimum absolute atomic E-state index is 0.0429. The van der Waals surface area contributed by atoms with Crippen LogP contribution >= 0.6 is 23.2 Å². The van der Waals surface area contributed by atoms with Crippen molar-refractivity contribution in [1.82, 2.24) is 20.5 Å². The molecule has 0 bridgehead atoms. The molecule has 166 valence electrons. The highest BCUT2D eigenvalue weighted by Gasteiger charge is 2.25. The molecule has 5 rings (SSSR count). The van der Waals surface area contributed by atoms with E-state index < -0.39 is 0 Å². The second-order valence-electron chi connectivity index (χ2n) is 7.43. The first-order valence-electron chi connectivity index (χ1n) is 10.2. The SMILES string of the molecule is O=C1c2ccc(Oc3c(Cl)cc(N4C=NC=CN4)cc3Cl)cc2CCN1Cc1cccnn1. The number of amides is 1. The molecule has 33 heavy (non-hydrogen) atoms. The number of hydrazine groups is 1. The molecule has 1 N–H and O–H groups in total. The van der Waals surface area contributed by atoms with Crippen molar-refractivity contribution in [2.45, 2.75) is 13.0 Å². The van der Waals surface area contributed by atoms with Crippen molar-refractivity contribution in [3.05, 3.63) is 87.9 Å². The Morgan fingerprint density at radius 2 is 1.97 bits per heavy atom. The topological polar surface area (TPSA) is 83.0 Å². The van der Waals surface area contributed by atoms with E-state index in [1.165, 1.54) is 0 Å². The lowest BCUT2D eigenvalue weighted by molar-refractivity contribution is 0.0724. The summed E-state index contributed by atoms with van der Waals surface area (Å²) in [5, 5.41) is 10.3. The molecular formula is C23H18Cl2N6O2. The average molecular weight is 481 g/mol. The summed E-state index contributed by atoms with van der Waals surface area (Å²) in [4.78, 5) is 18.8. The molecule has 3 aromatic rings. The summed E-state index contributed by atoms with van der Waals surface area (Å²) in [5.74, 6) is 0.859. The van der Waals surface area contributed by atoms with E-state index in [0.29, 0.717) is 52.3 Å². The summed E-state index contributed by atoms with van der Waals surface area (Å²) in [6.07, 6.45) is 7.24. The van der Waals surface area contributed by atoms with Crippen LogP contribution in [0.1, 0.15) is 21.6 Å². The molecule has 2 aliphatic rings. The normalized spacial score (nSPS) is 14.8. The van der Waals surface area contributed by atoms with Gasteiger partial charge in [0.15, 0.2) is 5.75 Å². The maximum atomic E-state index is 13.0. The quantitative estimate of drug-likeness (QED) is 0.574. The third-order valence-electron chi connectivity index (χ3n) is 5.26. The maximum Gasteiger partial charge on any atom is 0.254 e. The van der Waals surface area contributed by atoms with Crippen molar-refractivity contribution in [2.24, 2.45) is 4.99 Å². The van der Waals surface area contributed by atoms with E-state index in [2.05, 4.69) is 20.6 Å². The van der Waals surface area contributed by atoms with E-state index in [0.717, 1.165) is 11.3 Å². The summed E-state index contributed by atoms with van der Waals surface area (Å²) >= 11 is 12.9. The molecule has 2 aliphatic heterocycles. The van der Waals surface area contributed by atoms with Crippen LogP contribution in [0.5, 0.6) is 11.5 Å². The van der Waals surface area contributed by atoms with Gasteiger partial charge in [0, 0.05) is 30.7 Å². The van der Waals surface area contributed by atoms with Gasteiger partial charge in [0.25, 0.3) is 5.91 Å². The lowest BCUT2D eigenvalue weighted by atomic mass is 9.98. The Kier molecular flexibility index (Phi) is 5.85. The number of ether oxygens (including phenoxy) is 1. The van der Waals surface area contributed by atoms with Gasteiger partial charge in [-0.15, -0.1) is 0 Å². The van der Waals surface area contributed by atoms with Gasteiger partial charge in [-0.1, -0.05) is 23.2 Å². The minimum atomic E-state index is -0.0429. The van der Waals surface area contributed by atoms with E-state index >= 15 is 0 Å². The molecule has 0 saturated heterocycles. The standard InChI is InChI=1S/C23H18Cl2N6O2/c24-20-11-17(31-14-26-7-8-28-31)12-21(25)22(20)33-18-3-4-19-15(10-18)5-9-30(23(19)32)13-16-2-1-6-27-29-16/h1-4,6-8,10-12,14,28H,5,9,13H2. The molecule has 1 aromatic heterocycles. The molecule has 8 nitrogen and oxygen atoms in total. The highest BCUT2D eigenvalue weighted by Crippen LogP contribution is 2.40. The third kappa shape index (κ3) is 4.48. The predicted molar refractivity (Wildman–Crippen MR) is 127 cm³/mol. The Morgan fingerprint density at radius 3 is 2.70 bits per heavy atom. The van der Waals surface area contributed by atoms with Gasteiger partial charge < -0.3 is 9.64 Å². The van der Waals surface area contributed by atoms with Crippen molar-refractivity contribution in [3.63, 3.8) is 0 Å². The van der Waals surface area contributed by atoms with Gasteiger partial charge >= 0.3 is 0 Å². The van der Waals surface area contributed by atoms with Crippen LogP contribution < -0.4 is 15.2 Å². The van der Waals surface area contributed by atoms with Crippen LogP contribution in [0.3, 0.4) is 0 Å². The molecule has 0 saturated carbocycles. The molecule has 0 aliphatic carbocycles. The molecule has 0 atom stereocenters.